The van der Waals surface area contributed by atoms with Crippen LogP contribution >= 0.6 is 0 Å². The summed E-state index contributed by atoms with van der Waals surface area (Å²) >= 11 is 0. The van der Waals surface area contributed by atoms with Crippen molar-refractivity contribution >= 4 is 11.7 Å². The van der Waals surface area contributed by atoms with Gasteiger partial charge in [-0.15, -0.1) is 0 Å². The standard InChI is InChI=1S/C10H12FNO2/c1-7(10(13)14-2)12-9-5-3-8(11)4-6-9/h3-7,12H,1-2H3/t7-/m1/s1. The Kier molecular flexibility index (Phi) is 3.45. The van der Waals surface area contributed by atoms with Gasteiger partial charge >= 0.3 is 5.97 Å². The van der Waals surface area contributed by atoms with Crippen molar-refractivity contribution in [2.75, 3.05) is 12.4 Å². The smallest absolute Gasteiger partial charge is 0.327 e. The second kappa shape index (κ2) is 4.60. The van der Waals surface area contributed by atoms with Gasteiger partial charge in [-0.05, 0) is 31.2 Å². The quantitative estimate of drug-likeness (QED) is 0.751. The fourth-order valence-electron chi connectivity index (χ4n) is 1.03. The number of nitrogens with one attached hydrogen (secondary N) is 1. The minimum Gasteiger partial charge on any atom is -0.467 e. The normalized spacial score (nSPS) is 11.9. The first kappa shape index (κ1) is 10.5. The van der Waals surface area contributed by atoms with Crippen molar-refractivity contribution in [3.05, 3.63) is 30.1 Å². The van der Waals surface area contributed by atoms with E-state index in [4.69, 9.17) is 0 Å². The van der Waals surface area contributed by atoms with E-state index in [9.17, 15) is 9.18 Å². The van der Waals surface area contributed by atoms with Crippen LogP contribution in [0.25, 0.3) is 0 Å². The molecule has 0 spiro atoms. The van der Waals surface area contributed by atoms with Gasteiger partial charge in [-0.3, -0.25) is 0 Å². The molecule has 3 nitrogen and oxygen atoms in total. The van der Waals surface area contributed by atoms with E-state index in [0.717, 1.165) is 0 Å². The summed E-state index contributed by atoms with van der Waals surface area (Å²) < 4.78 is 17.1. The first-order chi connectivity index (χ1) is 6.63. The Morgan fingerprint density at radius 3 is 2.50 bits per heavy atom. The highest BCUT2D eigenvalue weighted by Crippen LogP contribution is 2.09. The first-order valence-electron chi connectivity index (χ1n) is 4.23. The number of hydrogen-bond donors (Lipinski definition) is 1. The van der Waals surface area contributed by atoms with E-state index in [0.29, 0.717) is 5.69 Å². The maximum atomic E-state index is 12.5. The van der Waals surface area contributed by atoms with Crippen LogP contribution in [-0.4, -0.2) is 19.1 Å². The van der Waals surface area contributed by atoms with E-state index in [1.165, 1.54) is 19.2 Å². The van der Waals surface area contributed by atoms with Gasteiger partial charge in [0, 0.05) is 5.69 Å². The molecule has 1 rings (SSSR count). The van der Waals surface area contributed by atoms with Crippen molar-refractivity contribution in [2.45, 2.75) is 13.0 Å². The molecule has 0 fully saturated rings. The zero-order chi connectivity index (χ0) is 10.6. The number of hydrogen-bond acceptors (Lipinski definition) is 3. The summed E-state index contributed by atoms with van der Waals surface area (Å²) in [6, 6.07) is 5.34. The average Bonchev–Trinajstić information content (AvgIpc) is 2.20. The van der Waals surface area contributed by atoms with Gasteiger partial charge in [-0.25, -0.2) is 9.18 Å². The summed E-state index contributed by atoms with van der Waals surface area (Å²) in [5, 5.41) is 2.88. The molecule has 0 saturated carbocycles. The average molecular weight is 197 g/mol. The highest BCUT2D eigenvalue weighted by atomic mass is 19.1. The van der Waals surface area contributed by atoms with E-state index >= 15 is 0 Å². The lowest BCUT2D eigenvalue weighted by Gasteiger charge is -2.12. The summed E-state index contributed by atoms with van der Waals surface area (Å²) in [5.41, 5.74) is 0.685. The Morgan fingerprint density at radius 1 is 1.43 bits per heavy atom. The second-order valence-corrected chi connectivity index (χ2v) is 2.90. The van der Waals surface area contributed by atoms with Crippen LogP contribution in [0, 0.1) is 5.82 Å². The summed E-state index contributed by atoms with van der Waals surface area (Å²) in [4.78, 5) is 11.0. The zero-order valence-corrected chi connectivity index (χ0v) is 8.08. The van der Waals surface area contributed by atoms with Crippen molar-refractivity contribution in [3.8, 4) is 0 Å². The molecule has 0 aliphatic rings. The minimum atomic E-state index is -0.439. The molecule has 1 aromatic rings. The maximum Gasteiger partial charge on any atom is 0.327 e. The van der Waals surface area contributed by atoms with Crippen LogP contribution in [-0.2, 0) is 9.53 Å². The van der Waals surface area contributed by atoms with Crippen LogP contribution < -0.4 is 5.32 Å². The molecule has 0 aromatic heterocycles. The molecule has 1 atom stereocenters. The fraction of sp³-hybridized carbons (Fsp3) is 0.300. The molecule has 0 amide bonds. The van der Waals surface area contributed by atoms with Crippen LogP contribution in [0.3, 0.4) is 0 Å². The summed E-state index contributed by atoms with van der Waals surface area (Å²) in [5.74, 6) is -0.657. The van der Waals surface area contributed by atoms with E-state index in [-0.39, 0.29) is 11.8 Å². The first-order valence-corrected chi connectivity index (χ1v) is 4.23. The number of ether oxygens (including phenoxy) is 1. The Balaban J connectivity index is 2.60. The Morgan fingerprint density at radius 2 is 2.00 bits per heavy atom. The topological polar surface area (TPSA) is 38.3 Å². The number of rotatable bonds is 3. The fourth-order valence-corrected chi connectivity index (χ4v) is 1.03. The monoisotopic (exact) mass is 197 g/mol. The lowest BCUT2D eigenvalue weighted by Crippen LogP contribution is -2.27. The molecule has 4 heteroatoms. The minimum absolute atomic E-state index is 0.304. The maximum absolute atomic E-state index is 12.5. The summed E-state index contributed by atoms with van der Waals surface area (Å²) in [7, 11) is 1.32. The van der Waals surface area contributed by atoms with E-state index in [1.54, 1.807) is 19.1 Å². The Hall–Kier alpha value is -1.58. The molecule has 76 valence electrons. The number of carbonyl (C=O) groups is 1. The Bertz CT molecular complexity index is 310. The van der Waals surface area contributed by atoms with Gasteiger partial charge in [0.1, 0.15) is 11.9 Å². The van der Waals surface area contributed by atoms with Gasteiger partial charge in [0.25, 0.3) is 0 Å². The van der Waals surface area contributed by atoms with E-state index in [2.05, 4.69) is 10.1 Å². The van der Waals surface area contributed by atoms with E-state index in [1.807, 2.05) is 0 Å². The predicted molar refractivity (Wildman–Crippen MR) is 51.5 cm³/mol. The number of anilines is 1. The third-order valence-electron chi connectivity index (χ3n) is 1.78. The lowest BCUT2D eigenvalue weighted by molar-refractivity contribution is -0.141. The van der Waals surface area contributed by atoms with Gasteiger partial charge in [0.15, 0.2) is 0 Å². The van der Waals surface area contributed by atoms with Gasteiger partial charge in [0.05, 0.1) is 7.11 Å². The van der Waals surface area contributed by atoms with Crippen molar-refractivity contribution in [3.63, 3.8) is 0 Å². The van der Waals surface area contributed by atoms with Gasteiger partial charge < -0.3 is 10.1 Å². The highest BCUT2D eigenvalue weighted by molar-refractivity contribution is 5.78. The van der Waals surface area contributed by atoms with Gasteiger partial charge in [-0.2, -0.15) is 0 Å². The molecular formula is C10H12FNO2. The largest absolute Gasteiger partial charge is 0.467 e. The second-order valence-electron chi connectivity index (χ2n) is 2.90. The number of esters is 1. The van der Waals surface area contributed by atoms with Crippen molar-refractivity contribution < 1.29 is 13.9 Å². The van der Waals surface area contributed by atoms with Gasteiger partial charge in [0.2, 0.25) is 0 Å². The Labute approximate surface area is 81.9 Å². The molecule has 0 bridgehead atoms. The predicted octanol–water partition coefficient (Wildman–Crippen LogP) is 1.80. The third kappa shape index (κ3) is 2.73. The molecule has 0 radical (unpaired) electrons. The van der Waals surface area contributed by atoms with Crippen LogP contribution in [0.1, 0.15) is 6.92 Å². The summed E-state index contributed by atoms with van der Waals surface area (Å²) in [6.07, 6.45) is 0. The number of methoxy groups -OCH3 is 1. The molecule has 1 aromatic carbocycles. The molecule has 0 heterocycles. The van der Waals surface area contributed by atoms with Crippen molar-refractivity contribution in [1.29, 1.82) is 0 Å². The zero-order valence-electron chi connectivity index (χ0n) is 8.08. The van der Waals surface area contributed by atoms with Crippen LogP contribution in [0.2, 0.25) is 0 Å². The van der Waals surface area contributed by atoms with Crippen molar-refractivity contribution in [1.82, 2.24) is 0 Å². The molecule has 0 aliphatic carbocycles. The molecular weight excluding hydrogens is 185 g/mol. The molecule has 0 saturated heterocycles. The SMILES string of the molecule is COC(=O)[C@@H](C)Nc1ccc(F)cc1. The van der Waals surface area contributed by atoms with Crippen LogP contribution in [0.5, 0.6) is 0 Å². The number of halogens is 1. The highest BCUT2D eigenvalue weighted by Gasteiger charge is 2.11. The van der Waals surface area contributed by atoms with E-state index < -0.39 is 6.04 Å². The lowest BCUT2D eigenvalue weighted by atomic mass is 10.2. The molecule has 1 N–H and O–H groups in total. The molecule has 14 heavy (non-hydrogen) atoms. The van der Waals surface area contributed by atoms with Crippen LogP contribution in [0.4, 0.5) is 10.1 Å². The molecule has 0 unspecified atom stereocenters. The van der Waals surface area contributed by atoms with Gasteiger partial charge in [-0.1, -0.05) is 0 Å². The third-order valence-corrected chi connectivity index (χ3v) is 1.78. The molecule has 0 aliphatic heterocycles. The number of carbonyl (C=O) groups excluding carboxylic acids is 1. The summed E-state index contributed by atoms with van der Waals surface area (Å²) in [6.45, 7) is 1.68. The van der Waals surface area contributed by atoms with Crippen LogP contribution in [0.15, 0.2) is 24.3 Å². The number of benzene rings is 1. The van der Waals surface area contributed by atoms with Crippen molar-refractivity contribution in [2.24, 2.45) is 0 Å².